The number of carbonyl (C=O) groups excluding carboxylic acids is 1. The average Bonchev–Trinajstić information content (AvgIpc) is 3.31. The van der Waals surface area contributed by atoms with Gasteiger partial charge in [-0.15, -0.1) is 12.4 Å². The molecule has 174 valence electrons. The van der Waals surface area contributed by atoms with Crippen LogP contribution in [0.2, 0.25) is 0 Å². The van der Waals surface area contributed by atoms with Crippen LogP contribution in [-0.4, -0.2) is 71.3 Å². The summed E-state index contributed by atoms with van der Waals surface area (Å²) in [7, 11) is 3.94. The van der Waals surface area contributed by atoms with Gasteiger partial charge in [-0.25, -0.2) is 4.98 Å². The number of benzene rings is 2. The molecule has 0 aliphatic carbocycles. The number of aliphatic imine (C=N–C) groups is 1. The van der Waals surface area contributed by atoms with Gasteiger partial charge in [0.25, 0.3) is 5.95 Å². The fourth-order valence-electron chi connectivity index (χ4n) is 3.60. The zero-order valence-electron chi connectivity index (χ0n) is 19.0. The monoisotopic (exact) mass is 485 g/mol. The molecular formula is C24H28ClN5O2S. The minimum Gasteiger partial charge on any atom is -0.378 e. The Morgan fingerprint density at radius 1 is 1.09 bits per heavy atom. The maximum Gasteiger partial charge on any atom is 0.264 e. The van der Waals surface area contributed by atoms with Crippen LogP contribution >= 0.6 is 23.9 Å². The minimum atomic E-state index is 0. The van der Waals surface area contributed by atoms with Crippen molar-refractivity contribution >= 4 is 41.6 Å². The predicted molar refractivity (Wildman–Crippen MR) is 134 cm³/mol. The van der Waals surface area contributed by atoms with Gasteiger partial charge in [-0.3, -0.25) is 4.79 Å². The Hall–Kier alpha value is -2.81. The van der Waals surface area contributed by atoms with Crippen LogP contribution < -0.4 is 0 Å². The number of halogens is 1. The number of carbonyl (C=O) groups is 1. The van der Waals surface area contributed by atoms with E-state index in [1.54, 1.807) is 0 Å². The molecule has 4 rings (SSSR count). The molecule has 1 unspecified atom stereocenters. The second-order valence-corrected chi connectivity index (χ2v) is 8.66. The van der Waals surface area contributed by atoms with Crippen LogP contribution in [-0.2, 0) is 4.74 Å². The molecule has 2 heterocycles. The Morgan fingerprint density at radius 3 is 2.48 bits per heavy atom. The van der Waals surface area contributed by atoms with Crippen molar-refractivity contribution in [1.29, 1.82) is 0 Å². The van der Waals surface area contributed by atoms with E-state index in [1.165, 1.54) is 11.5 Å². The van der Waals surface area contributed by atoms with Gasteiger partial charge in [0.15, 0.2) is 5.78 Å². The Morgan fingerprint density at radius 2 is 1.79 bits per heavy atom. The van der Waals surface area contributed by atoms with Crippen molar-refractivity contribution in [2.75, 3.05) is 40.4 Å². The summed E-state index contributed by atoms with van der Waals surface area (Å²) in [6.45, 7) is 5.06. The summed E-state index contributed by atoms with van der Waals surface area (Å²) in [6.07, 6.45) is 0. The summed E-state index contributed by atoms with van der Waals surface area (Å²) in [6, 6.07) is 17.1. The number of ketones is 1. The Balaban J connectivity index is 0.00000306. The first-order chi connectivity index (χ1) is 15.5. The first-order valence-corrected chi connectivity index (χ1v) is 11.4. The van der Waals surface area contributed by atoms with Crippen molar-refractivity contribution in [2.45, 2.75) is 12.8 Å². The highest BCUT2D eigenvalue weighted by Gasteiger charge is 2.20. The van der Waals surface area contributed by atoms with Crippen LogP contribution in [0.3, 0.4) is 0 Å². The third-order valence-electron chi connectivity index (χ3n) is 5.38. The van der Waals surface area contributed by atoms with Crippen molar-refractivity contribution in [3.8, 4) is 0 Å². The molecule has 33 heavy (non-hydrogen) atoms. The van der Waals surface area contributed by atoms with E-state index < -0.39 is 0 Å². The highest BCUT2D eigenvalue weighted by Crippen LogP contribution is 2.28. The lowest BCUT2D eigenvalue weighted by Crippen LogP contribution is -2.46. The molecule has 0 amide bonds. The van der Waals surface area contributed by atoms with E-state index in [9.17, 15) is 4.79 Å². The van der Waals surface area contributed by atoms with Crippen LogP contribution in [0, 0.1) is 0 Å². The van der Waals surface area contributed by atoms with E-state index in [0.29, 0.717) is 30.3 Å². The Labute approximate surface area is 204 Å². The lowest BCUT2D eigenvalue weighted by molar-refractivity contribution is 0.0638. The standard InChI is InChI=1S/C24H27N5O2S.ClH/c1-17(19-10-7-11-20(16-19)21(30)18-8-5-4-6-9-18)22-25-23(27-32-22)26-24(28(2)3)29-12-14-31-15-13-29;/h4-11,16-17H,12-15H2,1-3H3;1H. The van der Waals surface area contributed by atoms with Gasteiger partial charge in [0, 0.05) is 44.2 Å². The van der Waals surface area contributed by atoms with Gasteiger partial charge < -0.3 is 14.5 Å². The molecule has 0 saturated carbocycles. The molecule has 3 aromatic rings. The maximum absolute atomic E-state index is 12.8. The molecule has 1 saturated heterocycles. The molecule has 2 aromatic carbocycles. The second-order valence-electron chi connectivity index (χ2n) is 7.88. The summed E-state index contributed by atoms with van der Waals surface area (Å²) < 4.78 is 9.93. The number of morpholine rings is 1. The van der Waals surface area contributed by atoms with Crippen molar-refractivity contribution in [1.82, 2.24) is 19.2 Å². The highest BCUT2D eigenvalue weighted by atomic mass is 35.5. The van der Waals surface area contributed by atoms with Crippen LogP contribution in [0.1, 0.15) is 39.3 Å². The van der Waals surface area contributed by atoms with Crippen molar-refractivity contribution in [2.24, 2.45) is 4.99 Å². The highest BCUT2D eigenvalue weighted by molar-refractivity contribution is 7.05. The summed E-state index contributed by atoms with van der Waals surface area (Å²) >= 11 is 1.35. The molecule has 0 bridgehead atoms. The molecular weight excluding hydrogens is 458 g/mol. The molecule has 7 nitrogen and oxygen atoms in total. The molecule has 1 fully saturated rings. The normalized spacial score (nSPS) is 15.0. The van der Waals surface area contributed by atoms with E-state index in [2.05, 4.69) is 21.2 Å². The summed E-state index contributed by atoms with van der Waals surface area (Å²) in [5.74, 6) is 1.32. The summed E-state index contributed by atoms with van der Waals surface area (Å²) in [4.78, 5) is 26.4. The zero-order chi connectivity index (χ0) is 22.5. The van der Waals surface area contributed by atoms with Gasteiger partial charge in [0.05, 0.1) is 13.2 Å². The molecule has 0 radical (unpaired) electrons. The predicted octanol–water partition coefficient (Wildman–Crippen LogP) is 4.22. The molecule has 0 spiro atoms. The van der Waals surface area contributed by atoms with E-state index in [-0.39, 0.29) is 24.1 Å². The number of ether oxygens (including phenoxy) is 1. The topological polar surface area (TPSA) is 70.9 Å². The molecule has 1 atom stereocenters. The van der Waals surface area contributed by atoms with Crippen LogP contribution in [0.5, 0.6) is 0 Å². The van der Waals surface area contributed by atoms with Gasteiger partial charge in [-0.1, -0.05) is 55.5 Å². The largest absolute Gasteiger partial charge is 0.378 e. The number of hydrogen-bond acceptors (Lipinski definition) is 6. The van der Waals surface area contributed by atoms with E-state index in [0.717, 1.165) is 29.6 Å². The van der Waals surface area contributed by atoms with Gasteiger partial charge in [0.2, 0.25) is 5.96 Å². The van der Waals surface area contributed by atoms with Gasteiger partial charge >= 0.3 is 0 Å². The van der Waals surface area contributed by atoms with E-state index in [4.69, 9.17) is 9.73 Å². The fraction of sp³-hybridized carbons (Fsp3) is 0.333. The number of rotatable bonds is 5. The number of aromatic nitrogens is 2. The van der Waals surface area contributed by atoms with Crippen LogP contribution in [0.15, 0.2) is 59.6 Å². The van der Waals surface area contributed by atoms with E-state index >= 15 is 0 Å². The number of nitrogens with zero attached hydrogens (tertiary/aromatic N) is 5. The zero-order valence-corrected chi connectivity index (χ0v) is 20.6. The number of hydrogen-bond donors (Lipinski definition) is 0. The number of guanidine groups is 1. The van der Waals surface area contributed by atoms with Crippen LogP contribution in [0.4, 0.5) is 5.95 Å². The third-order valence-corrected chi connectivity index (χ3v) is 6.27. The lowest BCUT2D eigenvalue weighted by Gasteiger charge is -2.32. The second kappa shape index (κ2) is 11.4. The lowest BCUT2D eigenvalue weighted by atomic mass is 9.96. The minimum absolute atomic E-state index is 0. The smallest absolute Gasteiger partial charge is 0.264 e. The van der Waals surface area contributed by atoms with Crippen molar-refractivity contribution < 1.29 is 9.53 Å². The van der Waals surface area contributed by atoms with E-state index in [1.807, 2.05) is 73.6 Å². The Bertz CT molecular complexity index is 1100. The fourth-order valence-corrected chi connectivity index (χ4v) is 4.28. The molecule has 9 heteroatoms. The maximum atomic E-state index is 12.8. The Kier molecular flexibility index (Phi) is 8.55. The molecule has 1 aliphatic rings. The van der Waals surface area contributed by atoms with Gasteiger partial charge in [-0.2, -0.15) is 9.37 Å². The third kappa shape index (κ3) is 5.96. The van der Waals surface area contributed by atoms with Gasteiger partial charge in [0.1, 0.15) is 5.01 Å². The molecule has 1 aliphatic heterocycles. The first-order valence-electron chi connectivity index (χ1n) is 10.6. The average molecular weight is 486 g/mol. The summed E-state index contributed by atoms with van der Waals surface area (Å²) in [5, 5.41) is 0.869. The molecule has 0 N–H and O–H groups in total. The van der Waals surface area contributed by atoms with Crippen molar-refractivity contribution in [3.63, 3.8) is 0 Å². The first kappa shape index (κ1) is 24.8. The molecule has 1 aromatic heterocycles. The van der Waals surface area contributed by atoms with Crippen LogP contribution in [0.25, 0.3) is 0 Å². The quantitative estimate of drug-likeness (QED) is 0.306. The van der Waals surface area contributed by atoms with Gasteiger partial charge in [-0.05, 0) is 23.2 Å². The SMILES string of the molecule is CC(c1cccc(C(=O)c2ccccc2)c1)c1nc(N=C(N(C)C)N2CCOCC2)ns1.Cl. The van der Waals surface area contributed by atoms with Crippen molar-refractivity contribution in [3.05, 3.63) is 76.3 Å². The summed E-state index contributed by atoms with van der Waals surface area (Å²) in [5.41, 5.74) is 2.38.